The molecule has 2 bridgehead atoms. The zero-order valence-electron chi connectivity index (χ0n) is 17.6. The van der Waals surface area contributed by atoms with Crippen molar-refractivity contribution in [2.75, 3.05) is 16.8 Å². The van der Waals surface area contributed by atoms with E-state index < -0.39 is 30.3 Å². The number of hydrogen-bond donors (Lipinski definition) is 1. The number of amides is 3. The number of fused-ring (bicyclic) bond motifs is 5. The third-order valence-electron chi connectivity index (χ3n) is 6.79. The summed E-state index contributed by atoms with van der Waals surface area (Å²) in [5, 5.41) is 2.44. The monoisotopic (exact) mass is 520 g/mol. The molecule has 1 N–H and O–H groups in total. The van der Waals surface area contributed by atoms with E-state index in [-0.39, 0.29) is 45.7 Å². The standard InChI is InChI=1S/C24H19Cl3N2O5/c25-12-4-6-13(7-5-12)28-17(30)10-34-24(33)11-2-1-3-14(8-11)29-22(31)18-15-9-16(19(18)23(29)32)21(27)20(15)26/h1-8,15-16,18-21H,9-10H2,(H,28,30)/t15-,16-,18-,19-,20-,21+/m1/s1. The first-order chi connectivity index (χ1) is 16.3. The lowest BCUT2D eigenvalue weighted by atomic mass is 9.80. The summed E-state index contributed by atoms with van der Waals surface area (Å²) in [5.41, 5.74) is 0.903. The molecular weight excluding hydrogens is 503 g/mol. The van der Waals surface area contributed by atoms with Crippen LogP contribution in [0.15, 0.2) is 48.5 Å². The fourth-order valence-corrected chi connectivity index (χ4v) is 6.34. The van der Waals surface area contributed by atoms with E-state index >= 15 is 0 Å². The lowest BCUT2D eigenvalue weighted by molar-refractivity contribution is -0.123. The maximum absolute atomic E-state index is 13.2. The highest BCUT2D eigenvalue weighted by Crippen LogP contribution is 2.59. The molecular formula is C24H19Cl3N2O5. The van der Waals surface area contributed by atoms with Gasteiger partial charge in [-0.25, -0.2) is 4.79 Å². The summed E-state index contributed by atoms with van der Waals surface area (Å²) in [4.78, 5) is 52.1. The number of carbonyl (C=O) groups excluding carboxylic acids is 4. The van der Waals surface area contributed by atoms with E-state index in [2.05, 4.69) is 5.32 Å². The molecule has 5 rings (SSSR count). The van der Waals surface area contributed by atoms with Crippen molar-refractivity contribution in [1.82, 2.24) is 0 Å². The minimum absolute atomic E-state index is 0.114. The maximum atomic E-state index is 13.2. The van der Waals surface area contributed by atoms with Crippen LogP contribution in [0.3, 0.4) is 0 Å². The summed E-state index contributed by atoms with van der Waals surface area (Å²) in [6.07, 6.45) is 0.674. The van der Waals surface area contributed by atoms with E-state index in [1.165, 1.54) is 12.1 Å². The van der Waals surface area contributed by atoms with Crippen molar-refractivity contribution in [2.45, 2.75) is 17.2 Å². The first-order valence-electron chi connectivity index (χ1n) is 10.7. The smallest absolute Gasteiger partial charge is 0.338 e. The fraction of sp³-hybridized carbons (Fsp3) is 0.333. The Labute approximate surface area is 210 Å². The number of nitrogens with one attached hydrogen (secondary N) is 1. The van der Waals surface area contributed by atoms with Crippen LogP contribution in [0.1, 0.15) is 16.8 Å². The van der Waals surface area contributed by atoms with Gasteiger partial charge in [-0.2, -0.15) is 0 Å². The Morgan fingerprint density at radius 3 is 2.21 bits per heavy atom. The number of carbonyl (C=O) groups is 4. The van der Waals surface area contributed by atoms with Crippen molar-refractivity contribution in [3.05, 3.63) is 59.1 Å². The minimum atomic E-state index is -0.755. The minimum Gasteiger partial charge on any atom is -0.452 e. The van der Waals surface area contributed by atoms with Gasteiger partial charge in [0, 0.05) is 10.7 Å². The van der Waals surface area contributed by atoms with Gasteiger partial charge in [0.25, 0.3) is 5.91 Å². The topological polar surface area (TPSA) is 92.8 Å². The average Bonchev–Trinajstić information content (AvgIpc) is 3.44. The van der Waals surface area contributed by atoms with Gasteiger partial charge in [0.15, 0.2) is 6.61 Å². The summed E-state index contributed by atoms with van der Waals surface area (Å²) in [5.74, 6) is -3.14. The molecule has 6 atom stereocenters. The quantitative estimate of drug-likeness (QED) is 0.363. The molecule has 3 amide bonds. The van der Waals surface area contributed by atoms with Crippen molar-refractivity contribution in [3.63, 3.8) is 0 Å². The predicted octanol–water partition coefficient (Wildman–Crippen LogP) is 4.11. The van der Waals surface area contributed by atoms with Crippen LogP contribution in [-0.4, -0.2) is 41.1 Å². The number of benzene rings is 2. The molecule has 3 aliphatic rings. The van der Waals surface area contributed by atoms with Gasteiger partial charge in [-0.3, -0.25) is 19.3 Å². The Kier molecular flexibility index (Phi) is 6.04. The van der Waals surface area contributed by atoms with Crippen molar-refractivity contribution < 1.29 is 23.9 Å². The lowest BCUT2D eigenvalue weighted by Crippen LogP contribution is -2.37. The molecule has 0 aromatic heterocycles. The van der Waals surface area contributed by atoms with Crippen LogP contribution in [0.5, 0.6) is 0 Å². The Bertz CT molecular complexity index is 1160. The Balaban J connectivity index is 1.26. The third-order valence-corrected chi connectivity index (χ3v) is 8.36. The Morgan fingerprint density at radius 1 is 0.971 bits per heavy atom. The van der Waals surface area contributed by atoms with E-state index in [4.69, 9.17) is 39.5 Å². The first-order valence-corrected chi connectivity index (χ1v) is 12.0. The zero-order valence-corrected chi connectivity index (χ0v) is 19.9. The molecule has 0 radical (unpaired) electrons. The number of nitrogens with zero attached hydrogens (tertiary/aromatic N) is 1. The molecule has 34 heavy (non-hydrogen) atoms. The highest BCUT2D eigenvalue weighted by Gasteiger charge is 2.66. The first kappa shape index (κ1) is 23.1. The van der Waals surface area contributed by atoms with Crippen LogP contribution in [0.25, 0.3) is 0 Å². The maximum Gasteiger partial charge on any atom is 0.338 e. The molecule has 2 saturated carbocycles. The van der Waals surface area contributed by atoms with E-state index in [0.29, 0.717) is 17.1 Å². The third kappa shape index (κ3) is 3.85. The van der Waals surface area contributed by atoms with Crippen LogP contribution in [0.4, 0.5) is 11.4 Å². The van der Waals surface area contributed by atoms with Crippen molar-refractivity contribution >= 4 is 69.9 Å². The second-order valence-electron chi connectivity index (χ2n) is 8.70. The van der Waals surface area contributed by atoms with E-state index in [9.17, 15) is 19.2 Å². The van der Waals surface area contributed by atoms with Crippen molar-refractivity contribution in [2.24, 2.45) is 23.7 Å². The van der Waals surface area contributed by atoms with Gasteiger partial charge < -0.3 is 10.1 Å². The number of anilines is 2. The molecule has 2 aromatic rings. The number of alkyl halides is 2. The van der Waals surface area contributed by atoms with E-state index in [1.807, 2.05) is 0 Å². The number of esters is 1. The molecule has 1 heterocycles. The van der Waals surface area contributed by atoms with Gasteiger partial charge in [0.1, 0.15) is 0 Å². The van der Waals surface area contributed by atoms with E-state index in [0.717, 1.165) is 4.90 Å². The number of ether oxygens (including phenoxy) is 1. The molecule has 0 spiro atoms. The highest BCUT2D eigenvalue weighted by atomic mass is 35.5. The molecule has 176 valence electrons. The molecule has 3 fully saturated rings. The molecule has 2 aromatic carbocycles. The van der Waals surface area contributed by atoms with Crippen LogP contribution in [-0.2, 0) is 19.1 Å². The predicted molar refractivity (Wildman–Crippen MR) is 127 cm³/mol. The summed E-state index contributed by atoms with van der Waals surface area (Å²) in [6, 6.07) is 12.5. The number of hydrogen-bond acceptors (Lipinski definition) is 5. The van der Waals surface area contributed by atoms with Gasteiger partial charge in [0.2, 0.25) is 11.8 Å². The molecule has 0 unspecified atom stereocenters. The van der Waals surface area contributed by atoms with Gasteiger partial charge in [0.05, 0.1) is 33.8 Å². The largest absolute Gasteiger partial charge is 0.452 e. The lowest BCUT2D eigenvalue weighted by Gasteiger charge is -2.28. The number of imide groups is 1. The molecule has 10 heteroatoms. The zero-order chi connectivity index (χ0) is 24.1. The summed E-state index contributed by atoms with van der Waals surface area (Å²) < 4.78 is 5.10. The van der Waals surface area contributed by atoms with Crippen LogP contribution >= 0.6 is 34.8 Å². The molecule has 1 saturated heterocycles. The second kappa shape index (κ2) is 8.87. The molecule has 7 nitrogen and oxygen atoms in total. The van der Waals surface area contributed by atoms with Gasteiger partial charge in [-0.15, -0.1) is 23.2 Å². The molecule has 2 aliphatic carbocycles. The van der Waals surface area contributed by atoms with Gasteiger partial charge in [-0.05, 0) is 60.7 Å². The van der Waals surface area contributed by atoms with Crippen LogP contribution < -0.4 is 10.2 Å². The summed E-state index contributed by atoms with van der Waals surface area (Å²) in [6.45, 7) is -0.505. The summed E-state index contributed by atoms with van der Waals surface area (Å²) in [7, 11) is 0. The van der Waals surface area contributed by atoms with Crippen molar-refractivity contribution in [3.8, 4) is 0 Å². The second-order valence-corrected chi connectivity index (χ2v) is 10.1. The average molecular weight is 522 g/mol. The number of halogens is 3. The van der Waals surface area contributed by atoms with Crippen LogP contribution in [0.2, 0.25) is 5.02 Å². The normalized spacial score (nSPS) is 29.3. The highest BCUT2D eigenvalue weighted by molar-refractivity contribution is 6.32. The Hall–Kier alpha value is -2.61. The van der Waals surface area contributed by atoms with E-state index in [1.54, 1.807) is 36.4 Å². The SMILES string of the molecule is O=C(COC(=O)c1cccc(N2C(=O)[C@@H]3[C@H]4C[C@@H]([C@@H](Cl)[C@H]4Cl)[C@H]3C2=O)c1)Nc1ccc(Cl)cc1. The number of rotatable bonds is 5. The summed E-state index contributed by atoms with van der Waals surface area (Å²) >= 11 is 18.6. The van der Waals surface area contributed by atoms with Gasteiger partial charge >= 0.3 is 5.97 Å². The van der Waals surface area contributed by atoms with Crippen molar-refractivity contribution in [1.29, 1.82) is 0 Å². The fourth-order valence-electron chi connectivity index (χ4n) is 5.32. The Morgan fingerprint density at radius 2 is 1.59 bits per heavy atom. The van der Waals surface area contributed by atoms with Gasteiger partial charge in [-0.1, -0.05) is 17.7 Å². The van der Waals surface area contributed by atoms with Crippen LogP contribution in [0, 0.1) is 23.7 Å². The molecule has 1 aliphatic heterocycles.